The Morgan fingerprint density at radius 1 is 1.15 bits per heavy atom. The van der Waals surface area contributed by atoms with E-state index in [1.165, 1.54) is 5.57 Å². The van der Waals surface area contributed by atoms with Gasteiger partial charge in [0.05, 0.1) is 25.1 Å². The monoisotopic (exact) mass is 376 g/mol. The summed E-state index contributed by atoms with van der Waals surface area (Å²) in [6, 6.07) is 0. The SMILES string of the molecule is COC1=CC2=CC[C@@H]3[C@H](CC[C@@]4(C)[C@H]3CC[C@]4(O)C(CO)OC)[C@@]2(C)CC1. The zero-order valence-corrected chi connectivity index (χ0v) is 17.3. The van der Waals surface area contributed by atoms with E-state index in [0.29, 0.717) is 17.8 Å². The molecule has 2 N–H and O–H groups in total. The lowest BCUT2D eigenvalue weighted by Gasteiger charge is -2.58. The number of hydrogen-bond donors (Lipinski definition) is 2. The molecule has 4 rings (SSSR count). The van der Waals surface area contributed by atoms with E-state index < -0.39 is 11.7 Å². The number of rotatable bonds is 4. The highest BCUT2D eigenvalue weighted by atomic mass is 16.5. The summed E-state index contributed by atoms with van der Waals surface area (Å²) in [6.45, 7) is 4.60. The summed E-state index contributed by atoms with van der Waals surface area (Å²) >= 11 is 0. The predicted octanol–water partition coefficient (Wildman–Crippen LogP) is 3.83. The van der Waals surface area contributed by atoms with Crippen molar-refractivity contribution in [1.82, 2.24) is 0 Å². The van der Waals surface area contributed by atoms with Gasteiger partial charge in [-0.1, -0.05) is 19.9 Å². The van der Waals surface area contributed by atoms with Crippen molar-refractivity contribution in [3.05, 3.63) is 23.5 Å². The van der Waals surface area contributed by atoms with Crippen LogP contribution in [0, 0.1) is 28.6 Å². The number of methoxy groups -OCH3 is 2. The average Bonchev–Trinajstić information content (AvgIpc) is 2.94. The summed E-state index contributed by atoms with van der Waals surface area (Å²) in [5.74, 6) is 2.88. The highest BCUT2D eigenvalue weighted by molar-refractivity contribution is 5.36. The molecule has 0 aliphatic heterocycles. The van der Waals surface area contributed by atoms with Crippen molar-refractivity contribution in [1.29, 1.82) is 0 Å². The standard InChI is InChI=1S/C23H36O4/c1-21-10-7-16(26-3)13-15(21)5-6-17-18(21)8-11-22(2)19(17)9-12-23(22,25)20(14-24)27-4/h5,13,17-20,24-25H,6-12,14H2,1-4H3/t17-,18+,19+,20?,21+,22+,23+/m1/s1. The van der Waals surface area contributed by atoms with Gasteiger partial charge >= 0.3 is 0 Å². The fourth-order valence-corrected chi connectivity index (χ4v) is 7.46. The topological polar surface area (TPSA) is 58.9 Å². The summed E-state index contributed by atoms with van der Waals surface area (Å²) in [7, 11) is 3.39. The van der Waals surface area contributed by atoms with Gasteiger partial charge < -0.3 is 19.7 Å². The van der Waals surface area contributed by atoms with Gasteiger partial charge in [0.25, 0.3) is 0 Å². The van der Waals surface area contributed by atoms with Crippen LogP contribution < -0.4 is 0 Å². The normalized spacial score (nSPS) is 47.3. The molecular formula is C23H36O4. The smallest absolute Gasteiger partial charge is 0.109 e. The first-order chi connectivity index (χ1) is 12.8. The lowest BCUT2D eigenvalue weighted by atomic mass is 9.47. The summed E-state index contributed by atoms with van der Waals surface area (Å²) in [4.78, 5) is 0. The zero-order chi connectivity index (χ0) is 19.4. The largest absolute Gasteiger partial charge is 0.501 e. The fraction of sp³-hybridized carbons (Fsp3) is 0.826. The lowest BCUT2D eigenvalue weighted by Crippen LogP contribution is -2.59. The number of aliphatic hydroxyl groups is 2. The molecular weight excluding hydrogens is 340 g/mol. The third kappa shape index (κ3) is 2.52. The van der Waals surface area contributed by atoms with Crippen LogP contribution in [-0.2, 0) is 9.47 Å². The number of aliphatic hydroxyl groups excluding tert-OH is 1. The second-order valence-corrected chi connectivity index (χ2v) is 9.83. The van der Waals surface area contributed by atoms with E-state index in [1.807, 2.05) is 0 Å². The zero-order valence-electron chi connectivity index (χ0n) is 17.3. The minimum Gasteiger partial charge on any atom is -0.501 e. The van der Waals surface area contributed by atoms with Crippen LogP contribution in [0.25, 0.3) is 0 Å². The molecule has 0 heterocycles. The quantitative estimate of drug-likeness (QED) is 0.783. The maximum absolute atomic E-state index is 11.6. The van der Waals surface area contributed by atoms with Crippen LogP contribution in [0.4, 0.5) is 0 Å². The van der Waals surface area contributed by atoms with Crippen molar-refractivity contribution in [2.45, 2.75) is 70.5 Å². The van der Waals surface area contributed by atoms with E-state index in [2.05, 4.69) is 26.0 Å². The van der Waals surface area contributed by atoms with E-state index in [0.717, 1.165) is 50.7 Å². The van der Waals surface area contributed by atoms with Crippen molar-refractivity contribution < 1.29 is 19.7 Å². The Morgan fingerprint density at radius 3 is 2.56 bits per heavy atom. The highest BCUT2D eigenvalue weighted by Crippen LogP contribution is 2.67. The summed E-state index contributed by atoms with van der Waals surface area (Å²) in [5, 5.41) is 21.5. The maximum Gasteiger partial charge on any atom is 0.109 e. The molecule has 0 bridgehead atoms. The van der Waals surface area contributed by atoms with Crippen molar-refractivity contribution in [3.8, 4) is 0 Å². The van der Waals surface area contributed by atoms with Gasteiger partial charge in [0.15, 0.2) is 0 Å². The van der Waals surface area contributed by atoms with Gasteiger partial charge in [-0.05, 0) is 73.3 Å². The van der Waals surface area contributed by atoms with Gasteiger partial charge in [0.1, 0.15) is 6.10 Å². The first kappa shape index (κ1) is 19.5. The van der Waals surface area contributed by atoms with Crippen molar-refractivity contribution in [3.63, 3.8) is 0 Å². The molecule has 0 radical (unpaired) electrons. The Labute approximate surface area is 163 Å². The highest BCUT2D eigenvalue weighted by Gasteiger charge is 2.65. The number of allylic oxidation sites excluding steroid dienone is 4. The van der Waals surface area contributed by atoms with E-state index in [-0.39, 0.29) is 17.4 Å². The van der Waals surface area contributed by atoms with E-state index in [9.17, 15) is 10.2 Å². The Bertz CT molecular complexity index is 651. The van der Waals surface area contributed by atoms with Gasteiger partial charge in [0, 0.05) is 18.9 Å². The second kappa shape index (κ2) is 6.60. The number of fused-ring (bicyclic) bond motifs is 5. The third-order valence-electron chi connectivity index (χ3n) is 9.19. The van der Waals surface area contributed by atoms with E-state index >= 15 is 0 Å². The molecule has 0 saturated heterocycles. The van der Waals surface area contributed by atoms with Gasteiger partial charge in [0.2, 0.25) is 0 Å². The van der Waals surface area contributed by atoms with Crippen LogP contribution in [0.2, 0.25) is 0 Å². The molecule has 4 aliphatic rings. The maximum atomic E-state index is 11.6. The Morgan fingerprint density at radius 2 is 1.89 bits per heavy atom. The molecule has 0 aromatic heterocycles. The molecule has 27 heavy (non-hydrogen) atoms. The third-order valence-corrected chi connectivity index (χ3v) is 9.19. The molecule has 0 spiro atoms. The molecule has 4 nitrogen and oxygen atoms in total. The molecule has 4 heteroatoms. The van der Waals surface area contributed by atoms with Crippen LogP contribution in [0.1, 0.15) is 58.8 Å². The average molecular weight is 377 g/mol. The van der Waals surface area contributed by atoms with Crippen molar-refractivity contribution in [2.75, 3.05) is 20.8 Å². The first-order valence-corrected chi connectivity index (χ1v) is 10.7. The molecule has 2 fully saturated rings. The van der Waals surface area contributed by atoms with Gasteiger partial charge in [-0.3, -0.25) is 0 Å². The van der Waals surface area contributed by atoms with E-state index in [4.69, 9.17) is 9.47 Å². The molecule has 152 valence electrons. The molecule has 0 amide bonds. The summed E-state index contributed by atoms with van der Waals surface area (Å²) < 4.78 is 11.1. The van der Waals surface area contributed by atoms with Crippen LogP contribution in [0.5, 0.6) is 0 Å². The van der Waals surface area contributed by atoms with Gasteiger partial charge in [-0.15, -0.1) is 0 Å². The minimum absolute atomic E-state index is 0.115. The van der Waals surface area contributed by atoms with E-state index in [1.54, 1.807) is 14.2 Å². The molecule has 1 unspecified atom stereocenters. The van der Waals surface area contributed by atoms with Crippen LogP contribution in [0.3, 0.4) is 0 Å². The fourth-order valence-electron chi connectivity index (χ4n) is 7.46. The van der Waals surface area contributed by atoms with Gasteiger partial charge in [-0.25, -0.2) is 0 Å². The van der Waals surface area contributed by atoms with Crippen LogP contribution in [-0.4, -0.2) is 42.7 Å². The second-order valence-electron chi connectivity index (χ2n) is 9.83. The van der Waals surface area contributed by atoms with Crippen molar-refractivity contribution >= 4 is 0 Å². The molecule has 4 aliphatic carbocycles. The Balaban J connectivity index is 1.67. The van der Waals surface area contributed by atoms with Gasteiger partial charge in [-0.2, -0.15) is 0 Å². The van der Waals surface area contributed by atoms with Crippen LogP contribution >= 0.6 is 0 Å². The Hall–Kier alpha value is -0.840. The minimum atomic E-state index is -0.924. The molecule has 0 aromatic carbocycles. The van der Waals surface area contributed by atoms with Crippen LogP contribution in [0.15, 0.2) is 23.5 Å². The molecule has 2 saturated carbocycles. The summed E-state index contributed by atoms with van der Waals surface area (Å²) in [6.07, 6.45) is 11.4. The predicted molar refractivity (Wildman–Crippen MR) is 105 cm³/mol. The number of hydrogen-bond acceptors (Lipinski definition) is 4. The number of ether oxygens (including phenoxy) is 2. The molecule has 7 atom stereocenters. The first-order valence-electron chi connectivity index (χ1n) is 10.7. The summed E-state index contributed by atoms with van der Waals surface area (Å²) in [5.41, 5.74) is 0.590. The Kier molecular flexibility index (Phi) is 4.76. The van der Waals surface area contributed by atoms with Crippen molar-refractivity contribution in [2.24, 2.45) is 28.6 Å². The lowest BCUT2D eigenvalue weighted by molar-refractivity contribution is -0.190. The molecule has 0 aromatic rings.